The van der Waals surface area contributed by atoms with Gasteiger partial charge in [-0.15, -0.1) is 24.8 Å². The number of nitrogens with one attached hydrogen (secondary N) is 1. The van der Waals surface area contributed by atoms with Crippen molar-refractivity contribution >= 4 is 54.6 Å². The zero-order valence-corrected chi connectivity index (χ0v) is 36.5. The van der Waals surface area contributed by atoms with Crippen LogP contribution < -0.4 is 5.43 Å². The monoisotopic (exact) mass is 900 g/mol. The second-order valence-electron chi connectivity index (χ2n) is 15.8. The van der Waals surface area contributed by atoms with Gasteiger partial charge in [-0.25, -0.2) is 19.0 Å². The summed E-state index contributed by atoms with van der Waals surface area (Å²) in [5.41, 5.74) is 9.63. The van der Waals surface area contributed by atoms with Crippen LogP contribution in [0.1, 0.15) is 50.6 Å². The summed E-state index contributed by atoms with van der Waals surface area (Å²) >= 11 is 0. The number of nitrogens with zero attached hydrogens (tertiary/aromatic N) is 5. The predicted molar refractivity (Wildman–Crippen MR) is 241 cm³/mol. The maximum atomic E-state index is 14.1. The fourth-order valence-corrected chi connectivity index (χ4v) is 8.24. The molecule has 0 amide bonds. The Morgan fingerprint density at radius 1 is 0.730 bits per heavy atom. The summed E-state index contributed by atoms with van der Waals surface area (Å²) in [4.78, 5) is 37.5. The lowest BCUT2D eigenvalue weighted by atomic mass is 10.0. The molecule has 332 valence electrons. The number of aliphatic imine (C=N–C) groups is 1. The average molecular weight is 902 g/mol. The Morgan fingerprint density at radius 3 is 1.83 bits per heavy atom. The summed E-state index contributed by atoms with van der Waals surface area (Å²) in [5.74, 6) is -0.842. The summed E-state index contributed by atoms with van der Waals surface area (Å²) in [7, 11) is 0. The van der Waals surface area contributed by atoms with E-state index in [1.807, 2.05) is 77.3 Å². The first kappa shape index (κ1) is 45.7. The molecule has 3 saturated heterocycles. The summed E-state index contributed by atoms with van der Waals surface area (Å²) in [6.07, 6.45) is 0.0336. The quantitative estimate of drug-likeness (QED) is 0.124. The summed E-state index contributed by atoms with van der Waals surface area (Å²) < 4.78 is 45.8. The molecule has 0 radical (unpaired) electrons. The van der Waals surface area contributed by atoms with E-state index in [-0.39, 0.29) is 30.6 Å². The number of ether oxygens (including phenoxy) is 5. The largest absolute Gasteiger partial charge is 0.452 e. The number of aromatic nitrogens is 1. The fourth-order valence-electron chi connectivity index (χ4n) is 8.24. The molecule has 13 nitrogen and oxygen atoms in total. The molecule has 63 heavy (non-hydrogen) atoms. The van der Waals surface area contributed by atoms with Crippen LogP contribution in [0.3, 0.4) is 0 Å². The van der Waals surface area contributed by atoms with Gasteiger partial charge < -0.3 is 28.3 Å². The minimum absolute atomic E-state index is 0. The number of fused-ring (bicyclic) bond motifs is 1. The number of hydrazine groups is 1. The van der Waals surface area contributed by atoms with Crippen LogP contribution in [0, 0.1) is 5.82 Å². The Balaban J connectivity index is 0.00000298. The van der Waals surface area contributed by atoms with Crippen molar-refractivity contribution in [2.75, 3.05) is 58.0 Å². The van der Waals surface area contributed by atoms with Gasteiger partial charge in [-0.3, -0.25) is 20.2 Å². The van der Waals surface area contributed by atoms with Gasteiger partial charge >= 0.3 is 11.9 Å². The highest BCUT2D eigenvalue weighted by Gasteiger charge is 2.50. The molecular weight excluding hydrogens is 850 g/mol. The van der Waals surface area contributed by atoms with Crippen LogP contribution in [-0.2, 0) is 43.3 Å². The minimum atomic E-state index is -1.05. The first-order chi connectivity index (χ1) is 29.8. The van der Waals surface area contributed by atoms with Crippen molar-refractivity contribution in [3.8, 4) is 11.1 Å². The first-order valence-corrected chi connectivity index (χ1v) is 20.8. The van der Waals surface area contributed by atoms with E-state index in [1.54, 1.807) is 42.7 Å². The number of hydrogen-bond acceptors (Lipinski definition) is 12. The van der Waals surface area contributed by atoms with Crippen molar-refractivity contribution in [3.63, 3.8) is 0 Å². The molecule has 5 aromatic rings. The Bertz CT molecular complexity index is 2320. The molecule has 4 atom stereocenters. The van der Waals surface area contributed by atoms with Gasteiger partial charge in [0.1, 0.15) is 18.0 Å². The summed E-state index contributed by atoms with van der Waals surface area (Å²) in [6.45, 7) is 9.96. The van der Waals surface area contributed by atoms with Crippen molar-refractivity contribution in [1.82, 2.24) is 19.4 Å². The Kier molecular flexibility index (Phi) is 15.2. The Labute approximate surface area is 378 Å². The van der Waals surface area contributed by atoms with Gasteiger partial charge in [0.25, 0.3) is 0 Å². The van der Waals surface area contributed by atoms with Gasteiger partial charge in [-0.05, 0) is 72.1 Å². The van der Waals surface area contributed by atoms with Crippen LogP contribution in [0.2, 0.25) is 0 Å². The second-order valence-corrected chi connectivity index (χ2v) is 15.8. The molecular formula is C47H51Cl2FN6O7. The van der Waals surface area contributed by atoms with E-state index in [9.17, 15) is 14.0 Å². The number of morpholine rings is 2. The zero-order valence-electron chi connectivity index (χ0n) is 34.8. The lowest BCUT2D eigenvalue weighted by Gasteiger charge is -2.28. The number of esters is 2. The van der Waals surface area contributed by atoms with Crippen LogP contribution in [0.4, 0.5) is 15.9 Å². The molecule has 1 aromatic heterocycles. The van der Waals surface area contributed by atoms with Gasteiger partial charge in [0.05, 0.1) is 55.9 Å². The molecule has 1 N–H and O–H groups in total. The van der Waals surface area contributed by atoms with Gasteiger partial charge in [-0.1, -0.05) is 54.6 Å². The van der Waals surface area contributed by atoms with Crippen molar-refractivity contribution in [1.29, 1.82) is 0 Å². The highest BCUT2D eigenvalue weighted by molar-refractivity contribution is 5.90. The number of carbonyl (C=O) groups is 2. The third kappa shape index (κ3) is 10.7. The number of carbonyl (C=O) groups excluding carboxylic acids is 2. The minimum Gasteiger partial charge on any atom is -0.452 e. The van der Waals surface area contributed by atoms with E-state index in [0.29, 0.717) is 55.6 Å². The van der Waals surface area contributed by atoms with Gasteiger partial charge in [0, 0.05) is 56.6 Å². The van der Waals surface area contributed by atoms with E-state index in [2.05, 4.69) is 15.2 Å². The average Bonchev–Trinajstić information content (AvgIpc) is 3.81. The van der Waals surface area contributed by atoms with Crippen LogP contribution >= 0.6 is 24.8 Å². The molecule has 0 bridgehead atoms. The van der Waals surface area contributed by atoms with E-state index in [1.165, 1.54) is 12.1 Å². The number of rotatable bonds is 12. The highest BCUT2D eigenvalue weighted by atomic mass is 35.5. The van der Waals surface area contributed by atoms with Crippen LogP contribution in [0.5, 0.6) is 0 Å². The molecule has 0 aliphatic carbocycles. The lowest BCUT2D eigenvalue weighted by molar-refractivity contribution is -0.0483. The molecule has 3 fully saturated rings. The van der Waals surface area contributed by atoms with Gasteiger partial charge in [0.15, 0.2) is 18.4 Å². The standard InChI is InChI=1S/C47H49FN6O7.2ClH/c1-32-42(60-46(55)36-11-7-33(8-12-36)27-51-19-23-57-24-20-51)43(61-47(56)37-13-9-34(10-14-37)28-52-21-25-58-26-22-52)45(59-32)54-30-40(35-5-3-2-4-6-35)41-29-53(31-49-44(41)54)50-39-17-15-38(48)16-18-39;;/h2-18,30-32,42-43,45,50H,19-29H2,1H3;2*1H/t32-,42-,43-,45-;;/m1../s1. The Hall–Kier alpha value is -5.32. The topological polar surface area (TPSA) is 119 Å². The predicted octanol–water partition coefficient (Wildman–Crippen LogP) is 7.67. The van der Waals surface area contributed by atoms with Crippen LogP contribution in [0.25, 0.3) is 11.1 Å². The van der Waals surface area contributed by atoms with Crippen LogP contribution in [-0.4, -0.2) is 109 Å². The van der Waals surface area contributed by atoms with E-state index >= 15 is 0 Å². The summed E-state index contributed by atoms with van der Waals surface area (Å²) in [6, 6.07) is 30.9. The molecule has 0 unspecified atom stereocenters. The molecule has 0 saturated carbocycles. The third-order valence-corrected chi connectivity index (χ3v) is 11.5. The van der Waals surface area contributed by atoms with Crippen LogP contribution in [0.15, 0.2) is 114 Å². The normalized spacial score (nSPS) is 21.1. The fraction of sp³-hybridized carbons (Fsp3) is 0.340. The van der Waals surface area contributed by atoms with E-state index in [0.717, 1.165) is 67.1 Å². The maximum absolute atomic E-state index is 14.1. The summed E-state index contributed by atoms with van der Waals surface area (Å²) in [5, 5.41) is 1.82. The second kappa shape index (κ2) is 20.9. The van der Waals surface area contributed by atoms with Crippen molar-refractivity contribution in [3.05, 3.63) is 143 Å². The van der Waals surface area contributed by atoms with E-state index in [4.69, 9.17) is 28.7 Å². The smallest absolute Gasteiger partial charge is 0.338 e. The van der Waals surface area contributed by atoms with Crippen molar-refractivity contribution in [2.24, 2.45) is 4.99 Å². The molecule has 4 aromatic carbocycles. The van der Waals surface area contributed by atoms with Gasteiger partial charge in [-0.2, -0.15) is 0 Å². The number of anilines is 1. The van der Waals surface area contributed by atoms with E-state index < -0.39 is 36.5 Å². The highest BCUT2D eigenvalue weighted by Crippen LogP contribution is 2.43. The molecule has 0 spiro atoms. The Morgan fingerprint density at radius 2 is 1.27 bits per heavy atom. The number of benzene rings is 4. The molecule has 4 aliphatic rings. The number of hydrogen-bond donors (Lipinski definition) is 1. The first-order valence-electron chi connectivity index (χ1n) is 20.8. The zero-order chi connectivity index (χ0) is 41.7. The molecule has 5 heterocycles. The van der Waals surface area contributed by atoms with Crippen molar-refractivity contribution in [2.45, 2.75) is 51.1 Å². The molecule has 9 rings (SSSR count). The third-order valence-electron chi connectivity index (χ3n) is 11.5. The molecule has 4 aliphatic heterocycles. The lowest BCUT2D eigenvalue weighted by Crippen LogP contribution is -2.39. The SMILES string of the molecule is C[C@H]1O[C@@H](n2cc(-c3ccccc3)c3c2N=CN(Nc2ccc(F)cc2)C3)[C@H](OC(=O)c2ccc(CN3CCOCC3)cc2)[C@@H]1OC(=O)c1ccc(CN2CCOCC2)cc1.Cl.Cl. The van der Waals surface area contributed by atoms with Gasteiger partial charge in [0.2, 0.25) is 0 Å². The molecule has 16 heteroatoms. The van der Waals surface area contributed by atoms with Crippen molar-refractivity contribution < 1.29 is 37.7 Å². The number of halogens is 3. The maximum Gasteiger partial charge on any atom is 0.338 e.